The minimum atomic E-state index is -0.298. The Balaban J connectivity index is 1.66. The van der Waals surface area contributed by atoms with Crippen molar-refractivity contribution in [1.29, 1.82) is 0 Å². The van der Waals surface area contributed by atoms with Crippen LogP contribution in [0.3, 0.4) is 0 Å². The molecule has 0 heterocycles. The first-order valence-corrected chi connectivity index (χ1v) is 12.3. The number of carbonyl (C=O) groups excluding carboxylic acids is 1. The fourth-order valence-electron chi connectivity index (χ4n) is 7.96. The van der Waals surface area contributed by atoms with Crippen molar-refractivity contribution in [1.82, 2.24) is 0 Å². The molecule has 3 saturated carbocycles. The molecule has 31 heavy (non-hydrogen) atoms. The molecular formula is C27H41NO3. The Labute approximate surface area is 188 Å². The summed E-state index contributed by atoms with van der Waals surface area (Å²) in [6.07, 6.45) is 10.4. The quantitative estimate of drug-likeness (QED) is 0.265. The summed E-state index contributed by atoms with van der Waals surface area (Å²) in [6, 6.07) is 0. The number of nitrogens with zero attached hydrogens (tertiary/aromatic N) is 1. The lowest BCUT2D eigenvalue weighted by Crippen LogP contribution is -2.56. The number of aliphatic hydroxyl groups excluding tert-OH is 1. The van der Waals surface area contributed by atoms with E-state index < -0.39 is 0 Å². The number of carbonyl (C=O) groups is 1. The van der Waals surface area contributed by atoms with Gasteiger partial charge in [0.25, 0.3) is 0 Å². The monoisotopic (exact) mass is 427 g/mol. The van der Waals surface area contributed by atoms with Gasteiger partial charge in [-0.3, -0.25) is 4.79 Å². The van der Waals surface area contributed by atoms with Crippen LogP contribution in [0, 0.1) is 39.9 Å². The first-order chi connectivity index (χ1) is 14.6. The molecule has 0 spiro atoms. The molecule has 0 aliphatic heterocycles. The van der Waals surface area contributed by atoms with Crippen molar-refractivity contribution < 1.29 is 14.7 Å². The first-order valence-electron chi connectivity index (χ1n) is 12.3. The van der Waals surface area contributed by atoms with Crippen LogP contribution in [0.4, 0.5) is 0 Å². The van der Waals surface area contributed by atoms with Crippen LogP contribution in [0.25, 0.3) is 0 Å². The number of hydrogen-bond acceptors (Lipinski definition) is 4. The van der Waals surface area contributed by atoms with Gasteiger partial charge in [0.2, 0.25) is 0 Å². The molecule has 4 heteroatoms. The van der Waals surface area contributed by atoms with Gasteiger partial charge in [0.1, 0.15) is 6.61 Å². The molecule has 3 fully saturated rings. The maximum Gasteiger partial charge on any atom is 0.159 e. The van der Waals surface area contributed by atoms with E-state index in [4.69, 9.17) is 4.84 Å². The molecule has 0 saturated heterocycles. The van der Waals surface area contributed by atoms with Gasteiger partial charge in [-0.05, 0) is 79.6 Å². The SMILES string of the molecule is C=CCCO/N=C(\C)[C@H]1CC[C@]2(C)C3=CC(=O)[C@@H]4C[C@@H](C)[C@@H](O)C[C@]4(C)C3CC[C@]12C. The minimum Gasteiger partial charge on any atom is -0.396 e. The second-order valence-corrected chi connectivity index (χ2v) is 11.6. The Morgan fingerprint density at radius 3 is 2.74 bits per heavy atom. The lowest BCUT2D eigenvalue weighted by Gasteiger charge is -2.61. The number of allylic oxidation sites excluding steroid dienone is 2. The van der Waals surface area contributed by atoms with E-state index in [1.54, 1.807) is 0 Å². The highest BCUT2D eigenvalue weighted by molar-refractivity contribution is 5.95. The molecule has 0 amide bonds. The summed E-state index contributed by atoms with van der Waals surface area (Å²) in [7, 11) is 0. The fraction of sp³-hybridized carbons (Fsp3) is 0.778. The van der Waals surface area contributed by atoms with E-state index in [-0.39, 0.29) is 34.2 Å². The van der Waals surface area contributed by atoms with Gasteiger partial charge in [-0.15, -0.1) is 6.58 Å². The molecule has 4 rings (SSSR count). The topological polar surface area (TPSA) is 58.9 Å². The van der Waals surface area contributed by atoms with Crippen molar-refractivity contribution in [3.05, 3.63) is 24.3 Å². The molecule has 0 bridgehead atoms. The van der Waals surface area contributed by atoms with Crippen LogP contribution in [0.15, 0.2) is 29.5 Å². The highest BCUT2D eigenvalue weighted by atomic mass is 16.6. The van der Waals surface area contributed by atoms with E-state index in [1.165, 1.54) is 5.57 Å². The standard InChI is InChI=1S/C27H41NO3/c1-7-8-13-31-28-18(3)19-9-11-27(6)21-15-23(29)22-14-17(2)24(30)16-25(22,4)20(21)10-12-26(19,27)5/h7,15,17,19-20,22,24,30H,1,8-14,16H2,2-6H3/b28-18+/t17-,19-,20?,22+,24+,25-,26-,27-/m1/s1. The molecule has 4 nitrogen and oxygen atoms in total. The van der Waals surface area contributed by atoms with Gasteiger partial charge in [-0.25, -0.2) is 0 Å². The maximum absolute atomic E-state index is 13.4. The number of fused-ring (bicyclic) bond motifs is 5. The largest absolute Gasteiger partial charge is 0.396 e. The Kier molecular flexibility index (Phi) is 5.77. The van der Waals surface area contributed by atoms with Gasteiger partial charge in [0.05, 0.1) is 11.8 Å². The third kappa shape index (κ3) is 3.27. The second kappa shape index (κ2) is 7.86. The van der Waals surface area contributed by atoms with Crippen LogP contribution in [-0.4, -0.2) is 29.3 Å². The van der Waals surface area contributed by atoms with Gasteiger partial charge in [-0.1, -0.05) is 44.5 Å². The number of oxime groups is 1. The molecule has 8 atom stereocenters. The minimum absolute atomic E-state index is 0.00383. The van der Waals surface area contributed by atoms with Crippen molar-refractivity contribution in [2.24, 2.45) is 45.1 Å². The summed E-state index contributed by atoms with van der Waals surface area (Å²) < 4.78 is 0. The van der Waals surface area contributed by atoms with Crippen LogP contribution in [-0.2, 0) is 9.63 Å². The summed E-state index contributed by atoms with van der Waals surface area (Å²) in [5.41, 5.74) is 2.41. The zero-order valence-electron chi connectivity index (χ0n) is 20.1. The predicted molar refractivity (Wildman–Crippen MR) is 125 cm³/mol. The molecule has 0 aromatic heterocycles. The van der Waals surface area contributed by atoms with E-state index in [9.17, 15) is 9.90 Å². The molecule has 172 valence electrons. The van der Waals surface area contributed by atoms with Gasteiger partial charge < -0.3 is 9.94 Å². The number of aliphatic hydroxyl groups is 1. The molecule has 0 radical (unpaired) electrons. The van der Waals surface area contributed by atoms with Crippen molar-refractivity contribution in [2.75, 3.05) is 6.61 Å². The average Bonchev–Trinajstić information content (AvgIpc) is 2.99. The van der Waals surface area contributed by atoms with E-state index in [2.05, 4.69) is 46.4 Å². The van der Waals surface area contributed by atoms with E-state index in [1.807, 2.05) is 12.2 Å². The van der Waals surface area contributed by atoms with Crippen molar-refractivity contribution >= 4 is 11.5 Å². The number of ketones is 1. The summed E-state index contributed by atoms with van der Waals surface area (Å²) in [5.74, 6) is 1.35. The van der Waals surface area contributed by atoms with E-state index >= 15 is 0 Å². The van der Waals surface area contributed by atoms with Gasteiger partial charge in [0, 0.05) is 18.3 Å². The fourth-order valence-corrected chi connectivity index (χ4v) is 7.96. The number of hydrogen-bond donors (Lipinski definition) is 1. The van der Waals surface area contributed by atoms with Crippen molar-refractivity contribution in [2.45, 2.75) is 85.7 Å². The van der Waals surface area contributed by atoms with Crippen molar-refractivity contribution in [3.8, 4) is 0 Å². The van der Waals surface area contributed by atoms with Crippen LogP contribution < -0.4 is 0 Å². The van der Waals surface area contributed by atoms with Crippen LogP contribution in [0.2, 0.25) is 0 Å². The van der Waals surface area contributed by atoms with Crippen LogP contribution in [0.1, 0.15) is 79.6 Å². The van der Waals surface area contributed by atoms with Gasteiger partial charge in [0.15, 0.2) is 5.78 Å². The highest BCUT2D eigenvalue weighted by Crippen LogP contribution is 2.71. The van der Waals surface area contributed by atoms with Crippen LogP contribution in [0.5, 0.6) is 0 Å². The summed E-state index contributed by atoms with van der Waals surface area (Å²) in [6.45, 7) is 15.6. The summed E-state index contributed by atoms with van der Waals surface area (Å²) in [5, 5.41) is 15.2. The lowest BCUT2D eigenvalue weighted by atomic mass is 9.43. The van der Waals surface area contributed by atoms with E-state index in [0.29, 0.717) is 24.2 Å². The van der Waals surface area contributed by atoms with Gasteiger partial charge >= 0.3 is 0 Å². The number of rotatable bonds is 5. The molecule has 4 aliphatic rings. The molecule has 1 N–H and O–H groups in total. The zero-order valence-corrected chi connectivity index (χ0v) is 20.1. The molecule has 0 aromatic carbocycles. The van der Waals surface area contributed by atoms with Gasteiger partial charge in [-0.2, -0.15) is 0 Å². The predicted octanol–water partition coefficient (Wildman–Crippen LogP) is 5.71. The average molecular weight is 428 g/mol. The normalized spacial score (nSPS) is 47.2. The van der Waals surface area contributed by atoms with E-state index in [0.717, 1.165) is 50.7 Å². The summed E-state index contributed by atoms with van der Waals surface area (Å²) in [4.78, 5) is 18.9. The Morgan fingerprint density at radius 2 is 2.03 bits per heavy atom. The molecular weight excluding hydrogens is 386 g/mol. The first kappa shape index (κ1) is 22.8. The summed E-state index contributed by atoms with van der Waals surface area (Å²) >= 11 is 0. The zero-order chi connectivity index (χ0) is 22.6. The Hall–Kier alpha value is -1.42. The second-order valence-electron chi connectivity index (χ2n) is 11.6. The Bertz CT molecular complexity index is 815. The van der Waals surface area contributed by atoms with Crippen molar-refractivity contribution in [3.63, 3.8) is 0 Å². The van der Waals surface area contributed by atoms with Crippen LogP contribution >= 0.6 is 0 Å². The Morgan fingerprint density at radius 1 is 1.29 bits per heavy atom. The third-order valence-electron chi connectivity index (χ3n) is 10.2. The lowest BCUT2D eigenvalue weighted by molar-refractivity contribution is -0.137. The smallest absolute Gasteiger partial charge is 0.159 e. The maximum atomic E-state index is 13.4. The third-order valence-corrected chi connectivity index (χ3v) is 10.2. The molecule has 4 aliphatic carbocycles. The molecule has 0 aromatic rings. The molecule has 1 unspecified atom stereocenters. The highest BCUT2D eigenvalue weighted by Gasteiger charge is 2.65.